The van der Waals surface area contributed by atoms with Crippen LogP contribution >= 0.6 is 11.8 Å². The molecule has 2 fully saturated rings. The van der Waals surface area contributed by atoms with Gasteiger partial charge in [-0.2, -0.15) is 0 Å². The SMILES string of the molecule is CCCN1CC=C[C@@]2(C)S[C@]34C=CCN(c5ccc(OC)cc5)C(=O)C3N(CCCO)C(=O)[C@@H]4[C@H]2C1=O. The third kappa shape index (κ3) is 3.98. The van der Waals surface area contributed by atoms with Gasteiger partial charge in [0, 0.05) is 43.2 Å². The molecule has 3 amide bonds. The van der Waals surface area contributed by atoms with Crippen molar-refractivity contribution in [2.24, 2.45) is 11.8 Å². The summed E-state index contributed by atoms with van der Waals surface area (Å²) in [4.78, 5) is 47.6. The van der Waals surface area contributed by atoms with Crippen LogP contribution in [0.1, 0.15) is 26.7 Å². The second kappa shape index (κ2) is 9.83. The second-order valence-corrected chi connectivity index (χ2v) is 12.1. The van der Waals surface area contributed by atoms with Crippen molar-refractivity contribution in [2.45, 2.75) is 42.2 Å². The molecule has 0 radical (unpaired) electrons. The van der Waals surface area contributed by atoms with Crippen LogP contribution in [0.15, 0.2) is 48.6 Å². The minimum Gasteiger partial charge on any atom is -0.497 e. The largest absolute Gasteiger partial charge is 0.497 e. The molecule has 1 spiro atoms. The van der Waals surface area contributed by atoms with E-state index in [9.17, 15) is 19.5 Å². The van der Waals surface area contributed by atoms with E-state index in [0.717, 1.165) is 12.1 Å². The maximum absolute atomic E-state index is 14.3. The summed E-state index contributed by atoms with van der Waals surface area (Å²) < 4.78 is 3.79. The molecule has 4 aliphatic rings. The van der Waals surface area contributed by atoms with E-state index in [1.54, 1.807) is 28.7 Å². The molecule has 0 bridgehead atoms. The predicted octanol–water partition coefficient (Wildman–Crippen LogP) is 2.48. The van der Waals surface area contributed by atoms with Gasteiger partial charge in [-0.1, -0.05) is 31.2 Å². The molecule has 0 aliphatic carbocycles. The molecule has 4 heterocycles. The summed E-state index contributed by atoms with van der Waals surface area (Å²) in [5, 5.41) is 9.58. The van der Waals surface area contributed by atoms with Crippen LogP contribution in [-0.4, -0.2) is 88.1 Å². The lowest BCUT2D eigenvalue weighted by Crippen LogP contribution is -2.53. The maximum Gasteiger partial charge on any atom is 0.251 e. The fraction of sp³-hybridized carbons (Fsp3) is 0.536. The van der Waals surface area contributed by atoms with Crippen molar-refractivity contribution in [3.05, 3.63) is 48.6 Å². The molecule has 1 aromatic carbocycles. The highest BCUT2D eigenvalue weighted by Crippen LogP contribution is 2.65. The number of carbonyl (C=O) groups excluding carboxylic acids is 3. The molecule has 1 unspecified atom stereocenters. The number of fused-ring (bicyclic) bond motifs is 2. The number of hydrogen-bond donors (Lipinski definition) is 1. The van der Waals surface area contributed by atoms with Crippen molar-refractivity contribution in [2.75, 3.05) is 44.8 Å². The smallest absolute Gasteiger partial charge is 0.251 e. The zero-order valence-corrected chi connectivity index (χ0v) is 22.4. The number of aliphatic hydroxyl groups is 1. The number of hydrogen-bond acceptors (Lipinski definition) is 6. The van der Waals surface area contributed by atoms with Crippen LogP contribution < -0.4 is 9.64 Å². The van der Waals surface area contributed by atoms with Crippen LogP contribution in [-0.2, 0) is 14.4 Å². The van der Waals surface area contributed by atoms with Crippen molar-refractivity contribution in [3.8, 4) is 5.75 Å². The number of thioether (sulfide) groups is 1. The lowest BCUT2D eigenvalue weighted by Gasteiger charge is -2.36. The monoisotopic (exact) mass is 525 g/mol. The summed E-state index contributed by atoms with van der Waals surface area (Å²) in [6, 6.07) is 6.54. The number of rotatable bonds is 7. The molecule has 0 aromatic heterocycles. The first-order valence-corrected chi connectivity index (χ1v) is 13.8. The van der Waals surface area contributed by atoms with Crippen LogP contribution in [0, 0.1) is 11.8 Å². The molecular formula is C28H35N3O5S. The number of amides is 3. The molecule has 198 valence electrons. The van der Waals surface area contributed by atoms with Gasteiger partial charge in [-0.05, 0) is 44.0 Å². The van der Waals surface area contributed by atoms with Gasteiger partial charge in [-0.15, -0.1) is 11.8 Å². The number of nitrogens with zero attached hydrogens (tertiary/aromatic N) is 3. The normalized spacial score (nSPS) is 32.8. The van der Waals surface area contributed by atoms with Gasteiger partial charge < -0.3 is 24.5 Å². The molecule has 1 N–H and O–H groups in total. The molecule has 4 aliphatic heterocycles. The van der Waals surface area contributed by atoms with Gasteiger partial charge in [0.2, 0.25) is 11.8 Å². The van der Waals surface area contributed by atoms with E-state index in [1.165, 1.54) is 0 Å². The van der Waals surface area contributed by atoms with Gasteiger partial charge in [0.05, 0.1) is 23.7 Å². The average molecular weight is 526 g/mol. The van der Waals surface area contributed by atoms with Gasteiger partial charge in [-0.3, -0.25) is 14.4 Å². The lowest BCUT2D eigenvalue weighted by atomic mass is 9.74. The van der Waals surface area contributed by atoms with Crippen molar-refractivity contribution in [1.82, 2.24) is 9.80 Å². The van der Waals surface area contributed by atoms with E-state index in [4.69, 9.17) is 4.74 Å². The van der Waals surface area contributed by atoms with E-state index in [2.05, 4.69) is 6.08 Å². The number of ether oxygens (including phenoxy) is 1. The quantitative estimate of drug-likeness (QED) is 0.550. The molecule has 37 heavy (non-hydrogen) atoms. The standard InChI is InChI=1S/C28H35N3O5S/c1-4-14-29-15-5-12-27(2)21(24(29)33)22-25(34)31(17-7-18-32)23-26(35)30(16-6-13-28(22,23)37-27)19-8-10-20(36-3)11-9-19/h5-6,8-13,21-23,32H,4,7,14-18H2,1-3H3/t21-,22-,23?,27+,28-/m0/s1. The minimum atomic E-state index is -0.876. The summed E-state index contributed by atoms with van der Waals surface area (Å²) in [6.45, 7) is 5.79. The van der Waals surface area contributed by atoms with Crippen molar-refractivity contribution >= 4 is 35.2 Å². The first-order valence-electron chi connectivity index (χ1n) is 13.0. The Labute approximate surface area is 222 Å². The molecule has 2 saturated heterocycles. The number of anilines is 1. The molecule has 0 saturated carbocycles. The maximum atomic E-state index is 14.3. The number of aliphatic hydroxyl groups excluding tert-OH is 1. The third-order valence-electron chi connectivity index (χ3n) is 8.08. The average Bonchev–Trinajstić information content (AvgIpc) is 3.16. The second-order valence-electron chi connectivity index (χ2n) is 10.3. The van der Waals surface area contributed by atoms with Gasteiger partial charge in [0.25, 0.3) is 5.91 Å². The predicted molar refractivity (Wildman–Crippen MR) is 143 cm³/mol. The van der Waals surface area contributed by atoms with Crippen LogP contribution in [0.3, 0.4) is 0 Å². The molecule has 9 heteroatoms. The highest BCUT2D eigenvalue weighted by atomic mass is 32.2. The highest BCUT2D eigenvalue weighted by Gasteiger charge is 2.73. The van der Waals surface area contributed by atoms with Crippen molar-refractivity contribution in [1.29, 1.82) is 0 Å². The van der Waals surface area contributed by atoms with Gasteiger partial charge in [0.1, 0.15) is 11.8 Å². The summed E-state index contributed by atoms with van der Waals surface area (Å²) in [7, 11) is 1.60. The Morgan fingerprint density at radius 2 is 1.73 bits per heavy atom. The fourth-order valence-corrected chi connectivity index (χ4v) is 8.68. The summed E-state index contributed by atoms with van der Waals surface area (Å²) >= 11 is 1.58. The van der Waals surface area contributed by atoms with Crippen LogP contribution in [0.25, 0.3) is 0 Å². The zero-order valence-electron chi connectivity index (χ0n) is 21.6. The highest BCUT2D eigenvalue weighted by molar-refractivity contribution is 8.02. The molecule has 1 aromatic rings. The minimum absolute atomic E-state index is 0.0167. The molecule has 5 atom stereocenters. The van der Waals surface area contributed by atoms with Crippen LogP contribution in [0.4, 0.5) is 5.69 Å². The lowest BCUT2D eigenvalue weighted by molar-refractivity contribution is -0.143. The third-order valence-corrected chi connectivity index (χ3v) is 9.87. The van der Waals surface area contributed by atoms with E-state index in [1.807, 2.05) is 61.2 Å². The molecule has 8 nitrogen and oxygen atoms in total. The fourth-order valence-electron chi connectivity index (χ4n) is 6.52. The van der Waals surface area contributed by atoms with E-state index < -0.39 is 27.4 Å². The Bertz CT molecular complexity index is 1140. The van der Waals surface area contributed by atoms with E-state index >= 15 is 0 Å². The summed E-state index contributed by atoms with van der Waals surface area (Å²) in [5.74, 6) is -0.886. The Kier molecular flexibility index (Phi) is 6.87. The van der Waals surface area contributed by atoms with Crippen molar-refractivity contribution < 1.29 is 24.2 Å². The first kappa shape index (κ1) is 25.9. The number of likely N-dealkylation sites (tertiary alicyclic amines) is 1. The Hall–Kier alpha value is -2.78. The Morgan fingerprint density at radius 3 is 2.41 bits per heavy atom. The van der Waals surface area contributed by atoms with Gasteiger partial charge >= 0.3 is 0 Å². The van der Waals surface area contributed by atoms with Gasteiger partial charge in [0.15, 0.2) is 0 Å². The van der Waals surface area contributed by atoms with Crippen LogP contribution in [0.5, 0.6) is 5.75 Å². The topological polar surface area (TPSA) is 90.4 Å². The van der Waals surface area contributed by atoms with Crippen LogP contribution in [0.2, 0.25) is 0 Å². The zero-order chi connectivity index (χ0) is 26.4. The number of carbonyl (C=O) groups is 3. The summed E-state index contributed by atoms with van der Waals surface area (Å²) in [5.41, 5.74) is 0.721. The van der Waals surface area contributed by atoms with E-state index in [0.29, 0.717) is 31.8 Å². The Morgan fingerprint density at radius 1 is 1.00 bits per heavy atom. The molecule has 5 rings (SSSR count). The summed E-state index contributed by atoms with van der Waals surface area (Å²) in [6.07, 6.45) is 9.31. The number of methoxy groups -OCH3 is 1. The molecular weight excluding hydrogens is 490 g/mol. The number of benzene rings is 1. The van der Waals surface area contributed by atoms with Crippen molar-refractivity contribution in [3.63, 3.8) is 0 Å². The van der Waals surface area contributed by atoms with E-state index in [-0.39, 0.29) is 30.9 Å². The van der Waals surface area contributed by atoms with Gasteiger partial charge in [-0.25, -0.2) is 0 Å². The Balaban J connectivity index is 1.60. The first-order chi connectivity index (χ1) is 17.8.